The first-order valence-corrected chi connectivity index (χ1v) is 12.3. The first-order valence-electron chi connectivity index (χ1n) is 10.5. The molecule has 1 aliphatic rings. The van der Waals surface area contributed by atoms with Gasteiger partial charge in [0, 0.05) is 30.2 Å². The van der Waals surface area contributed by atoms with Crippen LogP contribution in [0.25, 0.3) is 10.9 Å². The number of H-pyrrole nitrogens is 1. The summed E-state index contributed by atoms with van der Waals surface area (Å²) in [6.07, 6.45) is 1.32. The third-order valence-electron chi connectivity index (χ3n) is 5.45. The molecule has 1 aliphatic heterocycles. The predicted molar refractivity (Wildman–Crippen MR) is 122 cm³/mol. The van der Waals surface area contributed by atoms with Crippen molar-refractivity contribution in [3.05, 3.63) is 69.0 Å². The van der Waals surface area contributed by atoms with Gasteiger partial charge in [-0.25, -0.2) is 17.8 Å². The Morgan fingerprint density at radius 2 is 2.00 bits per heavy atom. The van der Waals surface area contributed by atoms with E-state index in [-0.39, 0.29) is 23.5 Å². The largest absolute Gasteiger partial charge is 0.331 e. The average Bonchev–Trinajstić information content (AvgIpc) is 2.71. The van der Waals surface area contributed by atoms with Crippen molar-refractivity contribution in [2.24, 2.45) is 0 Å². The molecule has 2 heterocycles. The van der Waals surface area contributed by atoms with E-state index >= 15 is 0 Å². The van der Waals surface area contributed by atoms with Gasteiger partial charge in [-0.2, -0.15) is 4.31 Å². The van der Waals surface area contributed by atoms with Crippen molar-refractivity contribution in [2.75, 3.05) is 19.6 Å². The number of carbonyl (C=O) groups excluding carboxylic acids is 1. The standard InChI is InChI=1S/C22H22ClFN4O4S/c1-2-8-27(13-20-25-18-12-15(23)5-6-16(18)21(29)26-20)22(30)14-4-7-17(24)19(11-14)33(31,32)28-9-3-10-28/h4-7,11-12H,2-3,8-10,13H2,1H3,(H,25,26,29). The minimum absolute atomic E-state index is 0.0179. The normalized spacial score (nSPS) is 14.3. The Bertz CT molecular complexity index is 1390. The van der Waals surface area contributed by atoms with Crippen molar-refractivity contribution in [1.82, 2.24) is 19.2 Å². The molecule has 2 aromatic carbocycles. The highest BCUT2D eigenvalue weighted by Gasteiger charge is 2.32. The molecule has 1 saturated heterocycles. The second kappa shape index (κ2) is 9.20. The Hall–Kier alpha value is -2.82. The molecular weight excluding hydrogens is 471 g/mol. The van der Waals surface area contributed by atoms with E-state index in [9.17, 15) is 22.4 Å². The number of benzene rings is 2. The number of amides is 1. The molecule has 11 heteroatoms. The Balaban J connectivity index is 1.66. The monoisotopic (exact) mass is 492 g/mol. The second-order valence-corrected chi connectivity index (χ2v) is 10.1. The maximum absolute atomic E-state index is 14.4. The van der Waals surface area contributed by atoms with Crippen LogP contribution in [0.4, 0.5) is 4.39 Å². The zero-order valence-electron chi connectivity index (χ0n) is 17.8. The molecule has 0 unspecified atom stereocenters. The van der Waals surface area contributed by atoms with E-state index in [2.05, 4.69) is 9.97 Å². The van der Waals surface area contributed by atoms with Gasteiger partial charge in [-0.1, -0.05) is 18.5 Å². The molecule has 0 bridgehead atoms. The van der Waals surface area contributed by atoms with Crippen molar-refractivity contribution in [2.45, 2.75) is 31.2 Å². The number of carbonyl (C=O) groups is 1. The molecule has 0 atom stereocenters. The molecule has 1 N–H and O–H groups in total. The van der Waals surface area contributed by atoms with Crippen molar-refractivity contribution in [3.63, 3.8) is 0 Å². The predicted octanol–water partition coefficient (Wildman–Crippen LogP) is 3.16. The van der Waals surface area contributed by atoms with Gasteiger partial charge in [0.05, 0.1) is 17.4 Å². The lowest BCUT2D eigenvalue weighted by Gasteiger charge is -2.30. The Labute approximate surface area is 195 Å². The topological polar surface area (TPSA) is 103 Å². The van der Waals surface area contributed by atoms with Gasteiger partial charge in [0.25, 0.3) is 11.5 Å². The van der Waals surface area contributed by atoms with Gasteiger partial charge in [-0.15, -0.1) is 0 Å². The molecule has 33 heavy (non-hydrogen) atoms. The molecule has 1 amide bonds. The lowest BCUT2D eigenvalue weighted by atomic mass is 10.2. The number of nitrogens with one attached hydrogen (secondary N) is 1. The molecule has 0 aliphatic carbocycles. The van der Waals surface area contributed by atoms with E-state index in [0.29, 0.717) is 48.4 Å². The maximum Gasteiger partial charge on any atom is 0.258 e. The zero-order valence-corrected chi connectivity index (χ0v) is 19.4. The molecule has 0 spiro atoms. The molecule has 4 rings (SSSR count). The number of aromatic nitrogens is 2. The van der Waals surface area contributed by atoms with Gasteiger partial charge in [0.15, 0.2) is 0 Å². The molecule has 174 valence electrons. The number of hydrogen-bond acceptors (Lipinski definition) is 5. The highest BCUT2D eigenvalue weighted by molar-refractivity contribution is 7.89. The number of rotatable bonds is 7. The van der Waals surface area contributed by atoms with Gasteiger partial charge in [0.2, 0.25) is 10.0 Å². The molecular formula is C22H22ClFN4O4S. The van der Waals surface area contributed by atoms with Crippen molar-refractivity contribution in [3.8, 4) is 0 Å². The summed E-state index contributed by atoms with van der Waals surface area (Å²) in [6.45, 7) is 2.83. The summed E-state index contributed by atoms with van der Waals surface area (Å²) < 4.78 is 40.9. The van der Waals surface area contributed by atoms with Gasteiger partial charge >= 0.3 is 0 Å². The first kappa shape index (κ1) is 23.3. The van der Waals surface area contributed by atoms with Crippen LogP contribution in [0, 0.1) is 5.82 Å². The van der Waals surface area contributed by atoms with Crippen LogP contribution in [0.3, 0.4) is 0 Å². The number of halogens is 2. The fraction of sp³-hybridized carbons (Fsp3) is 0.318. The van der Waals surface area contributed by atoms with Gasteiger partial charge < -0.3 is 9.88 Å². The number of aromatic amines is 1. The maximum atomic E-state index is 14.4. The Morgan fingerprint density at radius 1 is 1.24 bits per heavy atom. The molecule has 3 aromatic rings. The van der Waals surface area contributed by atoms with E-state index in [4.69, 9.17) is 11.6 Å². The van der Waals surface area contributed by atoms with Crippen LogP contribution in [0.1, 0.15) is 35.9 Å². The molecule has 1 fully saturated rings. The molecule has 8 nitrogen and oxygen atoms in total. The third kappa shape index (κ3) is 4.64. The van der Waals surface area contributed by atoms with Crippen LogP contribution in [0.15, 0.2) is 46.1 Å². The van der Waals surface area contributed by atoms with E-state index in [1.54, 1.807) is 18.2 Å². The summed E-state index contributed by atoms with van der Waals surface area (Å²) in [5, 5.41) is 0.797. The van der Waals surface area contributed by atoms with Crippen LogP contribution in [-0.2, 0) is 16.6 Å². The van der Waals surface area contributed by atoms with Crippen LogP contribution in [-0.4, -0.2) is 53.1 Å². The average molecular weight is 493 g/mol. The lowest BCUT2D eigenvalue weighted by molar-refractivity contribution is 0.0738. The fourth-order valence-electron chi connectivity index (χ4n) is 3.62. The van der Waals surface area contributed by atoms with E-state index in [0.717, 1.165) is 12.1 Å². The third-order valence-corrected chi connectivity index (χ3v) is 7.60. The van der Waals surface area contributed by atoms with Gasteiger partial charge in [0.1, 0.15) is 16.5 Å². The van der Waals surface area contributed by atoms with E-state index in [1.165, 1.54) is 15.3 Å². The SMILES string of the molecule is CCCN(Cc1nc2cc(Cl)ccc2c(=O)[nH]1)C(=O)c1ccc(F)c(S(=O)(=O)N2CCC2)c1. The number of nitrogens with zero attached hydrogens (tertiary/aromatic N) is 3. The van der Waals surface area contributed by atoms with Gasteiger partial charge in [-0.3, -0.25) is 9.59 Å². The summed E-state index contributed by atoms with van der Waals surface area (Å²) in [7, 11) is -4.00. The minimum Gasteiger partial charge on any atom is -0.331 e. The Kier molecular flexibility index (Phi) is 6.51. The van der Waals surface area contributed by atoms with Crippen molar-refractivity contribution >= 4 is 38.4 Å². The second-order valence-electron chi connectivity index (χ2n) is 7.80. The highest BCUT2D eigenvalue weighted by Crippen LogP contribution is 2.25. The molecule has 0 saturated carbocycles. The minimum atomic E-state index is -4.00. The van der Waals surface area contributed by atoms with Crippen molar-refractivity contribution in [1.29, 1.82) is 0 Å². The summed E-state index contributed by atoms with van der Waals surface area (Å²) in [6, 6.07) is 8.04. The van der Waals surface area contributed by atoms with E-state index < -0.39 is 26.6 Å². The summed E-state index contributed by atoms with van der Waals surface area (Å²) in [5.74, 6) is -1.14. The molecule has 1 aromatic heterocycles. The summed E-state index contributed by atoms with van der Waals surface area (Å²) in [5.41, 5.74) is 0.0743. The van der Waals surface area contributed by atoms with Crippen molar-refractivity contribution < 1.29 is 17.6 Å². The van der Waals surface area contributed by atoms with Crippen LogP contribution >= 0.6 is 11.6 Å². The Morgan fingerprint density at radius 3 is 2.67 bits per heavy atom. The lowest BCUT2D eigenvalue weighted by Crippen LogP contribution is -2.42. The fourth-order valence-corrected chi connectivity index (χ4v) is 5.40. The highest BCUT2D eigenvalue weighted by atomic mass is 35.5. The number of hydrogen-bond donors (Lipinski definition) is 1. The smallest absolute Gasteiger partial charge is 0.258 e. The summed E-state index contributed by atoms with van der Waals surface area (Å²) >= 11 is 6.01. The summed E-state index contributed by atoms with van der Waals surface area (Å²) in [4.78, 5) is 33.7. The van der Waals surface area contributed by atoms with Crippen LogP contribution < -0.4 is 5.56 Å². The van der Waals surface area contributed by atoms with Crippen LogP contribution in [0.2, 0.25) is 5.02 Å². The van der Waals surface area contributed by atoms with Crippen LogP contribution in [0.5, 0.6) is 0 Å². The number of sulfonamides is 1. The van der Waals surface area contributed by atoms with E-state index in [1.807, 2.05) is 6.92 Å². The number of fused-ring (bicyclic) bond motifs is 1. The van der Waals surface area contributed by atoms with Gasteiger partial charge in [-0.05, 0) is 49.2 Å². The molecule has 0 radical (unpaired) electrons. The quantitative estimate of drug-likeness (QED) is 0.545. The zero-order chi connectivity index (χ0) is 23.8. The first-order chi connectivity index (χ1) is 15.7.